The van der Waals surface area contributed by atoms with Gasteiger partial charge in [-0.1, -0.05) is 54.6 Å². The molecule has 1 unspecified atom stereocenters. The second kappa shape index (κ2) is 11.2. The highest BCUT2D eigenvalue weighted by atomic mass is 19.2. The van der Waals surface area contributed by atoms with Gasteiger partial charge in [0.05, 0.1) is 12.1 Å². The van der Waals surface area contributed by atoms with Crippen molar-refractivity contribution in [3.8, 4) is 0 Å². The number of amides is 2. The van der Waals surface area contributed by atoms with Crippen molar-refractivity contribution in [3.63, 3.8) is 0 Å². The molecule has 39 heavy (non-hydrogen) atoms. The summed E-state index contributed by atoms with van der Waals surface area (Å²) in [4.78, 5) is 28.9. The molecule has 1 atom stereocenters. The van der Waals surface area contributed by atoms with E-state index < -0.39 is 22.8 Å². The van der Waals surface area contributed by atoms with Crippen LogP contribution >= 0.6 is 0 Å². The van der Waals surface area contributed by atoms with Crippen LogP contribution in [0.15, 0.2) is 78.9 Å². The summed E-state index contributed by atoms with van der Waals surface area (Å²) in [6.45, 7) is 3.68. The molecule has 8 heteroatoms. The number of benzene rings is 3. The summed E-state index contributed by atoms with van der Waals surface area (Å²) in [6, 6.07) is 23.2. The van der Waals surface area contributed by atoms with Crippen molar-refractivity contribution in [1.82, 2.24) is 10.2 Å². The molecular formula is C31H33F2N3O3. The molecular weight excluding hydrogens is 500 g/mol. The van der Waals surface area contributed by atoms with Gasteiger partial charge in [-0.3, -0.25) is 9.59 Å². The van der Waals surface area contributed by atoms with Crippen LogP contribution in [0.5, 0.6) is 0 Å². The SMILES string of the molecule is CC(=O)NC1(c2ccccc2)CCN(CCC2(c3ccc(F)c(F)c3)CN(c3ccccc3)C(=O)CO2)CC1. The van der Waals surface area contributed by atoms with E-state index in [1.165, 1.54) is 6.07 Å². The molecule has 204 valence electrons. The Morgan fingerprint density at radius 2 is 1.59 bits per heavy atom. The molecule has 3 aromatic carbocycles. The molecule has 0 aromatic heterocycles. The number of piperidine rings is 1. The third kappa shape index (κ3) is 5.72. The lowest BCUT2D eigenvalue weighted by Crippen LogP contribution is -2.55. The first-order chi connectivity index (χ1) is 18.8. The van der Waals surface area contributed by atoms with Gasteiger partial charge in [0.2, 0.25) is 5.91 Å². The predicted octanol–water partition coefficient (Wildman–Crippen LogP) is 4.74. The number of ether oxygens (including phenoxy) is 1. The molecule has 5 rings (SSSR count). The van der Waals surface area contributed by atoms with Crippen LogP contribution in [-0.2, 0) is 25.5 Å². The minimum atomic E-state index is -1.01. The third-order valence-electron chi connectivity index (χ3n) is 7.98. The van der Waals surface area contributed by atoms with E-state index in [1.807, 2.05) is 48.5 Å². The molecule has 2 heterocycles. The summed E-state index contributed by atoms with van der Waals surface area (Å²) in [6.07, 6.45) is 1.96. The Kier molecular flexibility index (Phi) is 7.77. The molecule has 1 N–H and O–H groups in total. The largest absolute Gasteiger partial charge is 0.359 e. The minimum absolute atomic E-state index is 0.0640. The van der Waals surface area contributed by atoms with Gasteiger partial charge >= 0.3 is 0 Å². The van der Waals surface area contributed by atoms with Gasteiger partial charge in [0, 0.05) is 32.2 Å². The third-order valence-corrected chi connectivity index (χ3v) is 7.98. The standard InChI is InChI=1S/C31H33F2N3O3/c1-23(37)34-30(24-8-4-2-5-9-24)14-17-35(18-15-30)19-16-31(25-12-13-27(32)28(33)20-25)22-36(29(38)21-39-31)26-10-6-3-7-11-26/h2-13,20H,14-19,21-22H2,1H3,(H,34,37). The molecule has 0 aliphatic carbocycles. The van der Waals surface area contributed by atoms with Crippen molar-refractivity contribution < 1.29 is 23.1 Å². The van der Waals surface area contributed by atoms with Crippen LogP contribution in [-0.4, -0.2) is 49.5 Å². The monoisotopic (exact) mass is 533 g/mol. The van der Waals surface area contributed by atoms with Gasteiger partial charge in [0.25, 0.3) is 5.91 Å². The van der Waals surface area contributed by atoms with Crippen molar-refractivity contribution in [2.75, 3.05) is 37.7 Å². The summed E-state index contributed by atoms with van der Waals surface area (Å²) < 4.78 is 34.4. The van der Waals surface area contributed by atoms with Crippen LogP contribution in [0.4, 0.5) is 14.5 Å². The zero-order valence-corrected chi connectivity index (χ0v) is 22.0. The van der Waals surface area contributed by atoms with Gasteiger partial charge in [-0.2, -0.15) is 0 Å². The van der Waals surface area contributed by atoms with E-state index in [0.717, 1.165) is 43.2 Å². The maximum Gasteiger partial charge on any atom is 0.253 e. The molecule has 2 saturated heterocycles. The summed E-state index contributed by atoms with van der Waals surface area (Å²) in [5.41, 5.74) is 0.886. The number of nitrogens with zero attached hydrogens (tertiary/aromatic N) is 2. The maximum absolute atomic E-state index is 14.4. The molecule has 0 spiro atoms. The van der Waals surface area contributed by atoms with Crippen molar-refractivity contribution in [2.45, 2.75) is 37.3 Å². The van der Waals surface area contributed by atoms with Gasteiger partial charge in [-0.05, 0) is 54.7 Å². The zero-order valence-electron chi connectivity index (χ0n) is 22.0. The van der Waals surface area contributed by atoms with Crippen LogP contribution < -0.4 is 10.2 Å². The fourth-order valence-electron chi connectivity index (χ4n) is 5.84. The van der Waals surface area contributed by atoms with Crippen LogP contribution in [0, 0.1) is 11.6 Å². The number of rotatable bonds is 7. The molecule has 0 saturated carbocycles. The second-order valence-corrected chi connectivity index (χ2v) is 10.4. The normalized spacial score (nSPS) is 21.5. The lowest BCUT2D eigenvalue weighted by molar-refractivity contribution is -0.141. The molecule has 0 bridgehead atoms. The van der Waals surface area contributed by atoms with Gasteiger partial charge in [0.1, 0.15) is 12.2 Å². The minimum Gasteiger partial charge on any atom is -0.359 e. The Balaban J connectivity index is 1.37. The first-order valence-corrected chi connectivity index (χ1v) is 13.3. The topological polar surface area (TPSA) is 61.9 Å². The number of hydrogen-bond acceptors (Lipinski definition) is 4. The summed E-state index contributed by atoms with van der Waals surface area (Å²) in [5, 5.41) is 3.20. The molecule has 6 nitrogen and oxygen atoms in total. The average molecular weight is 534 g/mol. The van der Waals surface area contributed by atoms with E-state index in [1.54, 1.807) is 17.9 Å². The summed E-state index contributed by atoms with van der Waals surface area (Å²) in [7, 11) is 0. The van der Waals surface area contributed by atoms with E-state index in [9.17, 15) is 18.4 Å². The van der Waals surface area contributed by atoms with Crippen molar-refractivity contribution >= 4 is 17.5 Å². The number of likely N-dealkylation sites (tertiary alicyclic amines) is 1. The van der Waals surface area contributed by atoms with Crippen LogP contribution in [0.25, 0.3) is 0 Å². The number of hydrogen-bond donors (Lipinski definition) is 1. The van der Waals surface area contributed by atoms with Gasteiger partial charge < -0.3 is 19.9 Å². The number of morpholine rings is 1. The van der Waals surface area contributed by atoms with Crippen LogP contribution in [0.2, 0.25) is 0 Å². The number of para-hydroxylation sites is 1. The van der Waals surface area contributed by atoms with Gasteiger partial charge in [-0.25, -0.2) is 8.78 Å². The van der Waals surface area contributed by atoms with E-state index in [0.29, 0.717) is 18.5 Å². The van der Waals surface area contributed by atoms with E-state index in [2.05, 4.69) is 22.3 Å². The smallest absolute Gasteiger partial charge is 0.253 e. The molecule has 0 radical (unpaired) electrons. The highest BCUT2D eigenvalue weighted by Gasteiger charge is 2.43. The van der Waals surface area contributed by atoms with E-state index in [4.69, 9.17) is 4.74 Å². The van der Waals surface area contributed by atoms with Gasteiger partial charge in [-0.15, -0.1) is 0 Å². The zero-order chi connectivity index (χ0) is 27.5. The highest BCUT2D eigenvalue weighted by molar-refractivity contribution is 5.95. The van der Waals surface area contributed by atoms with E-state index >= 15 is 0 Å². The number of anilines is 1. The average Bonchev–Trinajstić information content (AvgIpc) is 2.96. The van der Waals surface area contributed by atoms with Crippen LogP contribution in [0.1, 0.15) is 37.3 Å². The van der Waals surface area contributed by atoms with Crippen molar-refractivity contribution in [2.24, 2.45) is 0 Å². The second-order valence-electron chi connectivity index (χ2n) is 10.4. The van der Waals surface area contributed by atoms with Crippen molar-refractivity contribution in [3.05, 3.63) is 102 Å². The Morgan fingerprint density at radius 3 is 2.23 bits per heavy atom. The van der Waals surface area contributed by atoms with Crippen molar-refractivity contribution in [1.29, 1.82) is 0 Å². The first kappa shape index (κ1) is 27.0. The fourth-order valence-corrected chi connectivity index (χ4v) is 5.84. The predicted molar refractivity (Wildman–Crippen MR) is 145 cm³/mol. The quantitative estimate of drug-likeness (QED) is 0.477. The first-order valence-electron chi connectivity index (χ1n) is 13.3. The summed E-state index contributed by atoms with van der Waals surface area (Å²) in [5.74, 6) is -2.11. The Labute approximate surface area is 227 Å². The lowest BCUT2D eigenvalue weighted by Gasteiger charge is -2.46. The van der Waals surface area contributed by atoms with E-state index in [-0.39, 0.29) is 25.0 Å². The molecule has 3 aromatic rings. The number of carbonyl (C=O) groups is 2. The van der Waals surface area contributed by atoms with Gasteiger partial charge in [0.15, 0.2) is 11.6 Å². The number of halogens is 2. The van der Waals surface area contributed by atoms with Crippen LogP contribution in [0.3, 0.4) is 0 Å². The molecule has 2 amide bonds. The number of carbonyl (C=O) groups excluding carboxylic acids is 2. The fraction of sp³-hybridized carbons (Fsp3) is 0.355. The Morgan fingerprint density at radius 1 is 0.923 bits per heavy atom. The molecule has 2 fully saturated rings. The molecule has 2 aliphatic rings. The molecule has 2 aliphatic heterocycles. The Hall–Kier alpha value is -3.62. The lowest BCUT2D eigenvalue weighted by atomic mass is 9.80. The number of nitrogens with one attached hydrogen (secondary N) is 1. The summed E-state index contributed by atoms with van der Waals surface area (Å²) >= 11 is 0. The Bertz CT molecular complexity index is 1310. The maximum atomic E-state index is 14.4. The highest BCUT2D eigenvalue weighted by Crippen LogP contribution is 2.38.